The van der Waals surface area contributed by atoms with Crippen molar-refractivity contribution in [3.63, 3.8) is 0 Å². The fourth-order valence-electron chi connectivity index (χ4n) is 1.54. The number of carbonyl (C=O) groups excluding carboxylic acids is 1. The number of methoxy groups -OCH3 is 1. The molecule has 1 amide bonds. The van der Waals surface area contributed by atoms with E-state index in [-0.39, 0.29) is 11.7 Å². The third kappa shape index (κ3) is 5.13. The summed E-state index contributed by atoms with van der Waals surface area (Å²) in [5.74, 6) is -0.401. The van der Waals surface area contributed by atoms with Gasteiger partial charge in [0.15, 0.2) is 0 Å². The maximum atomic E-state index is 13.2. The van der Waals surface area contributed by atoms with E-state index in [0.717, 1.165) is 0 Å². The number of nitrogens with two attached hydrogens (primary N) is 1. The smallest absolute Gasteiger partial charge is 0.221 e. The molecule has 0 saturated heterocycles. The van der Waals surface area contributed by atoms with Crippen LogP contribution in [0.15, 0.2) is 12.1 Å². The number of amides is 1. The highest BCUT2D eigenvalue weighted by atomic mass is 19.1. The Morgan fingerprint density at radius 2 is 2.16 bits per heavy atom. The maximum Gasteiger partial charge on any atom is 0.221 e. The second-order valence-corrected chi connectivity index (χ2v) is 4.21. The van der Waals surface area contributed by atoms with Gasteiger partial charge >= 0.3 is 0 Å². The van der Waals surface area contributed by atoms with Crippen LogP contribution in [0.5, 0.6) is 0 Å². The van der Waals surface area contributed by atoms with Crippen LogP contribution in [0.2, 0.25) is 0 Å². The summed E-state index contributed by atoms with van der Waals surface area (Å²) < 4.78 is 18.0. The van der Waals surface area contributed by atoms with E-state index in [1.807, 2.05) is 0 Å². The molecule has 0 unspecified atom stereocenters. The number of carbonyl (C=O) groups is 1. The van der Waals surface area contributed by atoms with E-state index in [9.17, 15) is 9.18 Å². The van der Waals surface area contributed by atoms with Crippen LogP contribution in [0.25, 0.3) is 0 Å². The van der Waals surface area contributed by atoms with Crippen molar-refractivity contribution >= 4 is 17.3 Å². The van der Waals surface area contributed by atoms with Crippen LogP contribution in [0.3, 0.4) is 0 Å². The summed E-state index contributed by atoms with van der Waals surface area (Å²) in [6.45, 7) is 3.09. The lowest BCUT2D eigenvalue weighted by Crippen LogP contribution is -2.28. The third-order valence-electron chi connectivity index (χ3n) is 2.63. The number of halogens is 1. The Balaban J connectivity index is 2.37. The van der Waals surface area contributed by atoms with Crippen molar-refractivity contribution in [3.8, 4) is 0 Å². The van der Waals surface area contributed by atoms with Crippen molar-refractivity contribution < 1.29 is 13.9 Å². The van der Waals surface area contributed by atoms with E-state index >= 15 is 0 Å². The first-order valence-corrected chi connectivity index (χ1v) is 6.09. The van der Waals surface area contributed by atoms with Crippen LogP contribution in [0, 0.1) is 12.7 Å². The van der Waals surface area contributed by atoms with Gasteiger partial charge in [-0.25, -0.2) is 4.39 Å². The average molecular weight is 269 g/mol. The molecule has 0 spiro atoms. The monoisotopic (exact) mass is 269 g/mol. The number of ether oxygens (including phenoxy) is 1. The fourth-order valence-corrected chi connectivity index (χ4v) is 1.54. The Bertz CT molecular complexity index is 438. The number of benzene rings is 1. The molecule has 0 aliphatic rings. The first-order valence-electron chi connectivity index (χ1n) is 6.09. The fraction of sp³-hybridized carbons (Fsp3) is 0.462. The molecule has 19 heavy (non-hydrogen) atoms. The first kappa shape index (κ1) is 15.2. The highest BCUT2D eigenvalue weighted by Gasteiger charge is 2.05. The predicted octanol–water partition coefficient (Wildman–Crippen LogP) is 1.28. The van der Waals surface area contributed by atoms with Crippen LogP contribution in [0.1, 0.15) is 12.0 Å². The average Bonchev–Trinajstić information content (AvgIpc) is 2.36. The molecule has 1 rings (SSSR count). The molecule has 106 valence electrons. The molecule has 0 fully saturated rings. The Labute approximate surface area is 112 Å². The molecule has 0 aliphatic carbocycles. The summed E-state index contributed by atoms with van der Waals surface area (Å²) in [4.78, 5) is 11.4. The Morgan fingerprint density at radius 1 is 1.42 bits per heavy atom. The van der Waals surface area contributed by atoms with E-state index in [1.54, 1.807) is 20.1 Å². The minimum absolute atomic E-state index is 0.0676. The van der Waals surface area contributed by atoms with Gasteiger partial charge in [-0.1, -0.05) is 0 Å². The summed E-state index contributed by atoms with van der Waals surface area (Å²) in [6, 6.07) is 2.91. The van der Waals surface area contributed by atoms with Gasteiger partial charge in [-0.15, -0.1) is 0 Å². The second-order valence-electron chi connectivity index (χ2n) is 4.21. The van der Waals surface area contributed by atoms with Crippen LogP contribution in [0.4, 0.5) is 15.8 Å². The minimum Gasteiger partial charge on any atom is -0.397 e. The number of aryl methyl sites for hydroxylation is 1. The van der Waals surface area contributed by atoms with Gasteiger partial charge in [0.1, 0.15) is 5.82 Å². The number of anilines is 2. The highest BCUT2D eigenvalue weighted by Crippen LogP contribution is 2.22. The molecule has 0 saturated carbocycles. The molecule has 0 heterocycles. The van der Waals surface area contributed by atoms with Gasteiger partial charge in [0.25, 0.3) is 0 Å². The van der Waals surface area contributed by atoms with Crippen molar-refractivity contribution in [1.82, 2.24) is 5.32 Å². The standard InChI is InChI=1S/C13H20FN3O2/c1-9-7-12(11(15)8-10(9)14)16-4-3-13(18)17-5-6-19-2/h7-8,16H,3-6,15H2,1-2H3,(H,17,18). The van der Waals surface area contributed by atoms with Crippen molar-refractivity contribution in [1.29, 1.82) is 0 Å². The Kier molecular flexibility index (Phi) is 6.08. The van der Waals surface area contributed by atoms with E-state index < -0.39 is 0 Å². The molecular weight excluding hydrogens is 249 g/mol. The molecule has 0 aliphatic heterocycles. The summed E-state index contributed by atoms with van der Waals surface area (Å²) in [7, 11) is 1.58. The van der Waals surface area contributed by atoms with Gasteiger partial charge in [-0.3, -0.25) is 4.79 Å². The third-order valence-corrected chi connectivity index (χ3v) is 2.63. The van der Waals surface area contributed by atoms with Gasteiger partial charge in [-0.2, -0.15) is 0 Å². The van der Waals surface area contributed by atoms with Crippen molar-refractivity contribution in [2.75, 3.05) is 37.9 Å². The van der Waals surface area contributed by atoms with Gasteiger partial charge in [0.2, 0.25) is 5.91 Å². The highest BCUT2D eigenvalue weighted by molar-refractivity contribution is 5.77. The van der Waals surface area contributed by atoms with E-state index in [1.165, 1.54) is 6.07 Å². The summed E-state index contributed by atoms with van der Waals surface area (Å²) >= 11 is 0. The quantitative estimate of drug-likeness (QED) is 0.515. The summed E-state index contributed by atoms with van der Waals surface area (Å²) in [6.07, 6.45) is 0.319. The molecule has 0 atom stereocenters. The normalized spacial score (nSPS) is 10.3. The van der Waals surface area contributed by atoms with Crippen LogP contribution < -0.4 is 16.4 Å². The molecule has 4 N–H and O–H groups in total. The lowest BCUT2D eigenvalue weighted by Gasteiger charge is -2.11. The van der Waals surface area contributed by atoms with Crippen LogP contribution in [-0.4, -0.2) is 32.7 Å². The Morgan fingerprint density at radius 3 is 2.84 bits per heavy atom. The number of nitrogen functional groups attached to an aromatic ring is 1. The molecular formula is C13H20FN3O2. The maximum absolute atomic E-state index is 13.2. The second kappa shape index (κ2) is 7.58. The number of nitrogens with one attached hydrogen (secondary N) is 2. The topological polar surface area (TPSA) is 76.4 Å². The zero-order valence-corrected chi connectivity index (χ0v) is 11.3. The summed E-state index contributed by atoms with van der Waals surface area (Å²) in [5, 5.41) is 5.73. The number of hydrogen-bond acceptors (Lipinski definition) is 4. The summed E-state index contributed by atoms with van der Waals surface area (Å²) in [5.41, 5.74) is 7.18. The zero-order valence-electron chi connectivity index (χ0n) is 11.3. The first-order chi connectivity index (χ1) is 9.04. The van der Waals surface area contributed by atoms with Crippen molar-refractivity contribution in [2.45, 2.75) is 13.3 Å². The molecule has 0 aromatic heterocycles. The van der Waals surface area contributed by atoms with E-state index in [4.69, 9.17) is 10.5 Å². The van der Waals surface area contributed by atoms with Gasteiger partial charge < -0.3 is 21.1 Å². The van der Waals surface area contributed by atoms with Crippen molar-refractivity contribution in [2.24, 2.45) is 0 Å². The molecule has 1 aromatic rings. The predicted molar refractivity (Wildman–Crippen MR) is 73.5 cm³/mol. The molecule has 1 aromatic carbocycles. The molecule has 0 bridgehead atoms. The lowest BCUT2D eigenvalue weighted by atomic mass is 10.2. The SMILES string of the molecule is COCCNC(=O)CCNc1cc(C)c(F)cc1N. The van der Waals surface area contributed by atoms with Gasteiger partial charge in [-0.05, 0) is 24.6 Å². The molecule has 5 nitrogen and oxygen atoms in total. The van der Waals surface area contributed by atoms with E-state index in [0.29, 0.717) is 43.1 Å². The lowest BCUT2D eigenvalue weighted by molar-refractivity contribution is -0.121. The Hall–Kier alpha value is -1.82. The van der Waals surface area contributed by atoms with Crippen LogP contribution >= 0.6 is 0 Å². The van der Waals surface area contributed by atoms with E-state index in [2.05, 4.69) is 10.6 Å². The van der Waals surface area contributed by atoms with Crippen molar-refractivity contribution in [3.05, 3.63) is 23.5 Å². The largest absolute Gasteiger partial charge is 0.397 e. The van der Waals surface area contributed by atoms with Crippen LogP contribution in [-0.2, 0) is 9.53 Å². The minimum atomic E-state index is -0.333. The van der Waals surface area contributed by atoms with Gasteiger partial charge in [0, 0.05) is 26.6 Å². The molecule has 6 heteroatoms. The number of hydrogen-bond donors (Lipinski definition) is 3. The van der Waals surface area contributed by atoms with Gasteiger partial charge in [0.05, 0.1) is 18.0 Å². The number of rotatable bonds is 7. The zero-order chi connectivity index (χ0) is 14.3. The molecule has 0 radical (unpaired) electrons.